The number of benzene rings is 1. The molecule has 0 bridgehead atoms. The first-order chi connectivity index (χ1) is 12.0. The monoisotopic (exact) mass is 346 g/mol. The lowest BCUT2D eigenvalue weighted by atomic mass is 10.2. The highest BCUT2D eigenvalue weighted by molar-refractivity contribution is 5.77. The highest BCUT2D eigenvalue weighted by Gasteiger charge is 2.11. The fraction of sp³-hybridized carbons (Fsp3) is 0.500. The van der Waals surface area contributed by atoms with Crippen LogP contribution in [-0.4, -0.2) is 46.1 Å². The standard InChI is InChI=1S/C18H26N4O3/c1-4-21(5-2)13-11-19-16(23)10-12-22-15-9-7-6-8-14(15)20(3)17(24)18(22)25/h6-9H,4-5,10-13H2,1-3H3,(H,19,23). The molecule has 0 aliphatic heterocycles. The number of aryl methyl sites for hydroxylation is 2. The number of nitrogens with zero attached hydrogens (tertiary/aromatic N) is 3. The Labute approximate surface area is 146 Å². The van der Waals surface area contributed by atoms with Crippen LogP contribution in [0, 0.1) is 0 Å². The Bertz CT molecular complexity index is 850. The van der Waals surface area contributed by atoms with Crippen LogP contribution in [-0.2, 0) is 18.4 Å². The summed E-state index contributed by atoms with van der Waals surface area (Å²) in [6, 6.07) is 7.20. The molecule has 1 aromatic carbocycles. The molecular weight excluding hydrogens is 320 g/mol. The zero-order valence-electron chi connectivity index (χ0n) is 15.1. The lowest BCUT2D eigenvalue weighted by Gasteiger charge is -2.18. The smallest absolute Gasteiger partial charge is 0.316 e. The van der Waals surface area contributed by atoms with Crippen LogP contribution in [0.2, 0.25) is 0 Å². The average Bonchev–Trinajstić information content (AvgIpc) is 2.63. The minimum absolute atomic E-state index is 0.121. The molecule has 7 heteroatoms. The third kappa shape index (κ3) is 4.36. The molecule has 0 radical (unpaired) electrons. The molecule has 0 spiro atoms. The predicted molar refractivity (Wildman–Crippen MR) is 98.9 cm³/mol. The van der Waals surface area contributed by atoms with E-state index < -0.39 is 11.1 Å². The number of likely N-dealkylation sites (N-methyl/N-ethyl adjacent to an activating group) is 1. The van der Waals surface area contributed by atoms with Crippen LogP contribution in [0.15, 0.2) is 33.9 Å². The van der Waals surface area contributed by atoms with E-state index in [-0.39, 0.29) is 18.9 Å². The van der Waals surface area contributed by atoms with Crippen LogP contribution in [0.4, 0.5) is 0 Å². The number of aromatic nitrogens is 2. The molecule has 136 valence electrons. The SMILES string of the molecule is CCN(CC)CCNC(=O)CCn1c(=O)c(=O)n(C)c2ccccc21. The van der Waals surface area contributed by atoms with E-state index in [2.05, 4.69) is 24.1 Å². The molecule has 0 atom stereocenters. The Kier molecular flexibility index (Phi) is 6.52. The van der Waals surface area contributed by atoms with E-state index >= 15 is 0 Å². The van der Waals surface area contributed by atoms with Crippen molar-refractivity contribution in [3.05, 3.63) is 45.0 Å². The molecule has 0 saturated carbocycles. The van der Waals surface area contributed by atoms with Crippen LogP contribution in [0.1, 0.15) is 20.3 Å². The average molecular weight is 346 g/mol. The van der Waals surface area contributed by atoms with E-state index in [1.807, 2.05) is 12.1 Å². The number of nitrogens with one attached hydrogen (secondary N) is 1. The van der Waals surface area contributed by atoms with Crippen molar-refractivity contribution in [1.82, 2.24) is 19.4 Å². The van der Waals surface area contributed by atoms with E-state index in [1.165, 1.54) is 9.13 Å². The van der Waals surface area contributed by atoms with E-state index in [0.717, 1.165) is 19.6 Å². The molecule has 1 amide bonds. The number of carbonyl (C=O) groups excluding carboxylic acids is 1. The number of carbonyl (C=O) groups is 1. The van der Waals surface area contributed by atoms with E-state index in [1.54, 1.807) is 19.2 Å². The van der Waals surface area contributed by atoms with Gasteiger partial charge >= 0.3 is 11.1 Å². The topological polar surface area (TPSA) is 76.3 Å². The predicted octanol–water partition coefficient (Wildman–Crippen LogP) is 0.548. The molecule has 2 rings (SSSR count). The van der Waals surface area contributed by atoms with Crippen molar-refractivity contribution in [3.63, 3.8) is 0 Å². The fourth-order valence-corrected chi connectivity index (χ4v) is 2.87. The van der Waals surface area contributed by atoms with Gasteiger partial charge in [-0.3, -0.25) is 14.4 Å². The Morgan fingerprint density at radius 1 is 1.08 bits per heavy atom. The molecule has 1 N–H and O–H groups in total. The van der Waals surface area contributed by atoms with Crippen molar-refractivity contribution in [2.45, 2.75) is 26.8 Å². The highest BCUT2D eigenvalue weighted by atomic mass is 16.2. The van der Waals surface area contributed by atoms with Gasteiger partial charge in [0.15, 0.2) is 0 Å². The number of amides is 1. The first-order valence-corrected chi connectivity index (χ1v) is 8.67. The van der Waals surface area contributed by atoms with Crippen molar-refractivity contribution in [1.29, 1.82) is 0 Å². The number of hydrogen-bond donors (Lipinski definition) is 1. The Morgan fingerprint density at radius 2 is 1.72 bits per heavy atom. The summed E-state index contributed by atoms with van der Waals surface area (Å²) in [6.07, 6.45) is 0.162. The van der Waals surface area contributed by atoms with Crippen LogP contribution < -0.4 is 16.4 Å². The molecule has 7 nitrogen and oxygen atoms in total. The third-order valence-electron chi connectivity index (χ3n) is 4.47. The van der Waals surface area contributed by atoms with Crippen molar-refractivity contribution in [2.24, 2.45) is 7.05 Å². The second-order valence-electron chi connectivity index (χ2n) is 5.94. The Morgan fingerprint density at radius 3 is 2.36 bits per heavy atom. The molecule has 2 aromatic rings. The number of fused-ring (bicyclic) bond motifs is 1. The Hall–Kier alpha value is -2.41. The summed E-state index contributed by atoms with van der Waals surface area (Å²) >= 11 is 0. The van der Waals surface area contributed by atoms with Crippen molar-refractivity contribution < 1.29 is 4.79 Å². The largest absolute Gasteiger partial charge is 0.355 e. The minimum Gasteiger partial charge on any atom is -0.355 e. The molecular formula is C18H26N4O3. The Balaban J connectivity index is 2.07. The number of para-hydroxylation sites is 2. The fourth-order valence-electron chi connectivity index (χ4n) is 2.87. The summed E-state index contributed by atoms with van der Waals surface area (Å²) < 4.78 is 2.74. The summed E-state index contributed by atoms with van der Waals surface area (Å²) in [5, 5.41) is 2.87. The lowest BCUT2D eigenvalue weighted by molar-refractivity contribution is -0.121. The normalized spacial score (nSPS) is 11.2. The number of hydrogen-bond acceptors (Lipinski definition) is 4. The second kappa shape index (κ2) is 8.62. The van der Waals surface area contributed by atoms with Crippen LogP contribution in [0.5, 0.6) is 0 Å². The van der Waals surface area contributed by atoms with Gasteiger partial charge < -0.3 is 19.4 Å². The third-order valence-corrected chi connectivity index (χ3v) is 4.47. The molecule has 25 heavy (non-hydrogen) atoms. The van der Waals surface area contributed by atoms with Gasteiger partial charge in [0, 0.05) is 33.1 Å². The molecule has 0 unspecified atom stereocenters. The van der Waals surface area contributed by atoms with Gasteiger partial charge in [-0.15, -0.1) is 0 Å². The molecule has 0 fully saturated rings. The molecule has 0 saturated heterocycles. The van der Waals surface area contributed by atoms with Crippen molar-refractivity contribution in [2.75, 3.05) is 26.2 Å². The van der Waals surface area contributed by atoms with Crippen molar-refractivity contribution >= 4 is 16.9 Å². The van der Waals surface area contributed by atoms with Crippen molar-refractivity contribution in [3.8, 4) is 0 Å². The second-order valence-corrected chi connectivity index (χ2v) is 5.94. The maximum absolute atomic E-state index is 12.3. The van der Waals surface area contributed by atoms with Gasteiger partial charge in [0.25, 0.3) is 0 Å². The highest BCUT2D eigenvalue weighted by Crippen LogP contribution is 2.09. The lowest BCUT2D eigenvalue weighted by Crippen LogP contribution is -2.41. The quantitative estimate of drug-likeness (QED) is 0.708. The zero-order chi connectivity index (χ0) is 18.4. The first kappa shape index (κ1) is 18.9. The van der Waals surface area contributed by atoms with Gasteiger partial charge in [0.05, 0.1) is 11.0 Å². The molecule has 0 aliphatic carbocycles. The summed E-state index contributed by atoms with van der Waals surface area (Å²) in [4.78, 5) is 38.6. The van der Waals surface area contributed by atoms with Crippen LogP contribution >= 0.6 is 0 Å². The van der Waals surface area contributed by atoms with Gasteiger partial charge in [-0.25, -0.2) is 0 Å². The van der Waals surface area contributed by atoms with Gasteiger partial charge in [-0.1, -0.05) is 26.0 Å². The molecule has 0 aliphatic rings. The van der Waals surface area contributed by atoms with E-state index in [9.17, 15) is 14.4 Å². The summed E-state index contributed by atoms with van der Waals surface area (Å²) in [5.74, 6) is -0.121. The van der Waals surface area contributed by atoms with Gasteiger partial charge in [-0.05, 0) is 25.2 Å². The van der Waals surface area contributed by atoms with Gasteiger partial charge in [-0.2, -0.15) is 0 Å². The van der Waals surface area contributed by atoms with E-state index in [0.29, 0.717) is 17.6 Å². The summed E-state index contributed by atoms with van der Waals surface area (Å²) in [7, 11) is 1.58. The summed E-state index contributed by atoms with van der Waals surface area (Å²) in [6.45, 7) is 7.62. The zero-order valence-corrected chi connectivity index (χ0v) is 15.1. The summed E-state index contributed by atoms with van der Waals surface area (Å²) in [5.41, 5.74) is 0.150. The maximum Gasteiger partial charge on any atom is 0.316 e. The number of rotatable bonds is 8. The minimum atomic E-state index is -0.600. The molecule has 1 aromatic heterocycles. The first-order valence-electron chi connectivity index (χ1n) is 8.67. The van der Waals surface area contributed by atoms with E-state index in [4.69, 9.17) is 0 Å². The van der Waals surface area contributed by atoms with Crippen LogP contribution in [0.3, 0.4) is 0 Å². The van der Waals surface area contributed by atoms with Crippen LogP contribution in [0.25, 0.3) is 11.0 Å². The van der Waals surface area contributed by atoms with Gasteiger partial charge in [0.1, 0.15) is 0 Å². The maximum atomic E-state index is 12.3. The van der Waals surface area contributed by atoms with Gasteiger partial charge in [0.2, 0.25) is 5.91 Å². The molecule has 1 heterocycles.